The summed E-state index contributed by atoms with van der Waals surface area (Å²) in [4.78, 5) is 25.0. The molecule has 1 unspecified atom stereocenters. The molecule has 0 aliphatic carbocycles. The highest BCUT2D eigenvalue weighted by Gasteiger charge is 2.28. The summed E-state index contributed by atoms with van der Waals surface area (Å²) in [7, 11) is -2.15. The molecule has 2 heterocycles. The van der Waals surface area contributed by atoms with Gasteiger partial charge in [0.15, 0.2) is 15.6 Å². The van der Waals surface area contributed by atoms with Crippen molar-refractivity contribution in [2.24, 2.45) is 7.05 Å². The molecule has 0 radical (unpaired) electrons. The molecule has 1 aromatic heterocycles. The molecule has 0 bridgehead atoms. The lowest BCUT2D eigenvalue weighted by atomic mass is 10.0. The number of ketones is 1. The van der Waals surface area contributed by atoms with Gasteiger partial charge in [0, 0.05) is 37.6 Å². The number of aromatic amines is 1. The molecule has 8 nitrogen and oxygen atoms in total. The zero-order chi connectivity index (χ0) is 19.9. The summed E-state index contributed by atoms with van der Waals surface area (Å²) in [5.74, 6) is -0.713. The molecule has 146 valence electrons. The first-order chi connectivity index (χ1) is 12.6. The fourth-order valence-electron chi connectivity index (χ4n) is 2.82. The second kappa shape index (κ2) is 7.14. The third-order valence-corrected chi connectivity index (χ3v) is 5.86. The van der Waals surface area contributed by atoms with Crippen LogP contribution in [0.1, 0.15) is 28.0 Å². The second-order valence-corrected chi connectivity index (χ2v) is 8.79. The number of hydrogen-bond donors (Lipinski definition) is 1. The molecule has 1 saturated heterocycles. The van der Waals surface area contributed by atoms with Crippen LogP contribution in [0.2, 0.25) is 5.02 Å². The summed E-state index contributed by atoms with van der Waals surface area (Å²) >= 11 is 6.35. The SMILES string of the molecule is Cc1[nH]n(C)c(=O)c1C(=O)c1ccc(S(C)(=O)=O)c(OCC2CCO2)c1Cl. The fraction of sp³-hybridized carbons (Fsp3) is 0.412. The number of sulfone groups is 1. The predicted molar refractivity (Wildman–Crippen MR) is 98.6 cm³/mol. The molecule has 0 spiro atoms. The van der Waals surface area contributed by atoms with Crippen molar-refractivity contribution >= 4 is 27.2 Å². The van der Waals surface area contributed by atoms with E-state index in [2.05, 4.69) is 5.10 Å². The second-order valence-electron chi connectivity index (χ2n) is 6.42. The van der Waals surface area contributed by atoms with Crippen molar-refractivity contribution in [1.29, 1.82) is 0 Å². The lowest BCUT2D eigenvalue weighted by Crippen LogP contribution is -2.32. The van der Waals surface area contributed by atoms with Gasteiger partial charge in [0.05, 0.1) is 11.1 Å². The molecular formula is C17H19ClN2O6S. The Morgan fingerprint density at radius 1 is 1.44 bits per heavy atom. The number of nitrogens with zero attached hydrogens (tertiary/aromatic N) is 1. The number of ether oxygens (including phenoxy) is 2. The van der Waals surface area contributed by atoms with Gasteiger partial charge in [-0.05, 0) is 19.1 Å². The number of carbonyl (C=O) groups excluding carboxylic acids is 1. The predicted octanol–water partition coefficient (Wildman–Crippen LogP) is 1.48. The highest BCUT2D eigenvalue weighted by Crippen LogP contribution is 2.36. The van der Waals surface area contributed by atoms with Crippen LogP contribution in [-0.2, 0) is 21.6 Å². The van der Waals surface area contributed by atoms with Crippen LogP contribution in [0.3, 0.4) is 0 Å². The topological polar surface area (TPSA) is 107 Å². The van der Waals surface area contributed by atoms with E-state index >= 15 is 0 Å². The molecular weight excluding hydrogens is 396 g/mol. The Balaban J connectivity index is 2.08. The number of hydrogen-bond acceptors (Lipinski definition) is 6. The number of nitrogens with one attached hydrogen (secondary N) is 1. The normalized spacial score (nSPS) is 16.8. The fourth-order valence-corrected chi connectivity index (χ4v) is 4.00. The lowest BCUT2D eigenvalue weighted by Gasteiger charge is -2.27. The van der Waals surface area contributed by atoms with Crippen molar-refractivity contribution in [3.05, 3.63) is 44.3 Å². The minimum Gasteiger partial charge on any atom is -0.488 e. The first-order valence-corrected chi connectivity index (χ1v) is 10.5. The van der Waals surface area contributed by atoms with E-state index in [-0.39, 0.29) is 39.5 Å². The van der Waals surface area contributed by atoms with E-state index in [4.69, 9.17) is 21.1 Å². The maximum absolute atomic E-state index is 12.9. The number of halogens is 1. The van der Waals surface area contributed by atoms with Crippen LogP contribution in [-0.4, -0.2) is 49.6 Å². The summed E-state index contributed by atoms with van der Waals surface area (Å²) in [6.45, 7) is 2.33. The van der Waals surface area contributed by atoms with Gasteiger partial charge in [-0.25, -0.2) is 8.42 Å². The quantitative estimate of drug-likeness (QED) is 0.717. The third kappa shape index (κ3) is 3.67. The van der Waals surface area contributed by atoms with Crippen LogP contribution < -0.4 is 10.3 Å². The molecule has 1 fully saturated rings. The van der Waals surface area contributed by atoms with E-state index in [1.54, 1.807) is 6.92 Å². The molecule has 27 heavy (non-hydrogen) atoms. The third-order valence-electron chi connectivity index (χ3n) is 4.37. The maximum Gasteiger partial charge on any atom is 0.277 e. The molecule has 10 heteroatoms. The van der Waals surface area contributed by atoms with Gasteiger partial charge in [-0.3, -0.25) is 19.4 Å². The molecule has 0 saturated carbocycles. The van der Waals surface area contributed by atoms with Crippen LogP contribution in [0.4, 0.5) is 0 Å². The van der Waals surface area contributed by atoms with Gasteiger partial charge in [-0.15, -0.1) is 0 Å². The van der Waals surface area contributed by atoms with Crippen molar-refractivity contribution < 1.29 is 22.7 Å². The van der Waals surface area contributed by atoms with Crippen molar-refractivity contribution in [3.63, 3.8) is 0 Å². The summed E-state index contributed by atoms with van der Waals surface area (Å²) in [5, 5.41) is 2.60. The summed E-state index contributed by atoms with van der Waals surface area (Å²) in [6, 6.07) is 2.55. The van der Waals surface area contributed by atoms with Gasteiger partial charge >= 0.3 is 0 Å². The number of benzene rings is 1. The Morgan fingerprint density at radius 3 is 2.59 bits per heavy atom. The van der Waals surface area contributed by atoms with Crippen LogP contribution in [0, 0.1) is 6.92 Å². The Morgan fingerprint density at radius 2 is 2.11 bits per heavy atom. The van der Waals surface area contributed by atoms with Gasteiger partial charge in [0.2, 0.25) is 5.78 Å². The summed E-state index contributed by atoms with van der Waals surface area (Å²) in [5.41, 5.74) is -0.166. The zero-order valence-corrected chi connectivity index (χ0v) is 16.6. The smallest absolute Gasteiger partial charge is 0.277 e. The Bertz CT molecular complexity index is 1070. The minimum absolute atomic E-state index is 0.00612. The number of rotatable bonds is 6. The average molecular weight is 415 g/mol. The van der Waals surface area contributed by atoms with E-state index in [0.717, 1.165) is 12.7 Å². The lowest BCUT2D eigenvalue weighted by molar-refractivity contribution is -0.0724. The maximum atomic E-state index is 12.9. The first kappa shape index (κ1) is 19.7. The molecule has 0 amide bonds. The molecule has 1 aliphatic heterocycles. The molecule has 1 N–H and O–H groups in total. The Kier molecular flexibility index (Phi) is 5.20. The van der Waals surface area contributed by atoms with Crippen LogP contribution >= 0.6 is 11.6 Å². The first-order valence-electron chi connectivity index (χ1n) is 8.18. The molecule has 3 rings (SSSR count). The monoisotopic (exact) mass is 414 g/mol. The van der Waals surface area contributed by atoms with E-state index in [0.29, 0.717) is 12.3 Å². The highest BCUT2D eigenvalue weighted by molar-refractivity contribution is 7.90. The van der Waals surface area contributed by atoms with Crippen molar-refractivity contribution in [1.82, 2.24) is 9.78 Å². The van der Waals surface area contributed by atoms with E-state index in [1.807, 2.05) is 0 Å². The summed E-state index contributed by atoms with van der Waals surface area (Å²) < 4.78 is 36.2. The van der Waals surface area contributed by atoms with E-state index in [9.17, 15) is 18.0 Å². The van der Waals surface area contributed by atoms with E-state index in [1.165, 1.54) is 23.9 Å². The molecule has 1 atom stereocenters. The van der Waals surface area contributed by atoms with E-state index < -0.39 is 21.2 Å². The zero-order valence-electron chi connectivity index (χ0n) is 15.0. The summed E-state index contributed by atoms with van der Waals surface area (Å²) in [6.07, 6.45) is 1.68. The van der Waals surface area contributed by atoms with Gasteiger partial charge in [0.1, 0.15) is 17.1 Å². The standard InChI is InChI=1S/C17H19ClN2O6S/c1-9-13(17(22)20(2)19-9)15(21)11-4-5-12(27(3,23)24)16(14(11)18)26-8-10-6-7-25-10/h4-5,10,19H,6-8H2,1-3H3. The largest absolute Gasteiger partial charge is 0.488 e. The molecule has 1 aliphatic rings. The number of aryl methyl sites for hydroxylation is 2. The van der Waals surface area contributed by atoms with Crippen LogP contribution in [0.5, 0.6) is 5.75 Å². The molecule has 1 aromatic carbocycles. The van der Waals surface area contributed by atoms with Gasteiger partial charge in [0.25, 0.3) is 5.56 Å². The Hall–Kier alpha value is -2.10. The van der Waals surface area contributed by atoms with Gasteiger partial charge in [-0.1, -0.05) is 11.6 Å². The average Bonchev–Trinajstić information content (AvgIpc) is 2.78. The molecule has 2 aromatic rings. The number of aromatic nitrogens is 2. The van der Waals surface area contributed by atoms with Gasteiger partial charge in [-0.2, -0.15) is 0 Å². The van der Waals surface area contributed by atoms with Crippen molar-refractivity contribution in [2.45, 2.75) is 24.3 Å². The van der Waals surface area contributed by atoms with Crippen molar-refractivity contribution in [3.8, 4) is 5.75 Å². The number of H-pyrrole nitrogens is 1. The Labute approximate surface area is 160 Å². The highest BCUT2D eigenvalue weighted by atomic mass is 35.5. The van der Waals surface area contributed by atoms with Crippen LogP contribution in [0.25, 0.3) is 0 Å². The van der Waals surface area contributed by atoms with Crippen LogP contribution in [0.15, 0.2) is 21.8 Å². The van der Waals surface area contributed by atoms with Crippen molar-refractivity contribution in [2.75, 3.05) is 19.5 Å². The van der Waals surface area contributed by atoms with Gasteiger partial charge < -0.3 is 9.47 Å². The number of carbonyl (C=O) groups is 1. The minimum atomic E-state index is -3.65.